The SMILES string of the molecule is CC1(O)CCCN(S(=O)(=O)c2c(Cl)nc3ccccn23)C1. The number of aliphatic hydroxyl groups is 1. The monoisotopic (exact) mass is 329 g/mol. The summed E-state index contributed by atoms with van der Waals surface area (Å²) in [6.07, 6.45) is 2.81. The molecule has 0 spiro atoms. The molecule has 1 fully saturated rings. The summed E-state index contributed by atoms with van der Waals surface area (Å²) in [7, 11) is -3.81. The Balaban J connectivity index is 2.10. The summed E-state index contributed by atoms with van der Waals surface area (Å²) < 4.78 is 28.4. The Bertz CT molecular complexity index is 785. The summed E-state index contributed by atoms with van der Waals surface area (Å²) in [4.78, 5) is 4.07. The number of sulfonamides is 1. The number of nitrogens with zero attached hydrogens (tertiary/aromatic N) is 3. The molecular weight excluding hydrogens is 314 g/mol. The maximum atomic E-state index is 12.8. The fourth-order valence-electron chi connectivity index (χ4n) is 2.68. The smallest absolute Gasteiger partial charge is 0.262 e. The number of hydrogen-bond donors (Lipinski definition) is 1. The fourth-order valence-corrected chi connectivity index (χ4v) is 4.87. The van der Waals surface area contributed by atoms with Gasteiger partial charge in [0.1, 0.15) is 5.65 Å². The zero-order valence-corrected chi connectivity index (χ0v) is 13.1. The lowest BCUT2D eigenvalue weighted by Gasteiger charge is -2.35. The molecule has 2 aromatic heterocycles. The topological polar surface area (TPSA) is 74.9 Å². The molecular formula is C13H16ClN3O3S. The van der Waals surface area contributed by atoms with Crippen LogP contribution in [-0.4, -0.2) is 45.9 Å². The van der Waals surface area contributed by atoms with Gasteiger partial charge in [-0.05, 0) is 31.9 Å². The van der Waals surface area contributed by atoms with E-state index in [-0.39, 0.29) is 16.7 Å². The third-order valence-electron chi connectivity index (χ3n) is 3.67. The Hall–Kier alpha value is -1.15. The second-order valence-electron chi connectivity index (χ2n) is 5.58. The maximum Gasteiger partial charge on any atom is 0.262 e. The summed E-state index contributed by atoms with van der Waals surface area (Å²) in [5.74, 6) is 0. The van der Waals surface area contributed by atoms with Gasteiger partial charge in [0.25, 0.3) is 10.0 Å². The minimum Gasteiger partial charge on any atom is -0.389 e. The van der Waals surface area contributed by atoms with Gasteiger partial charge in [-0.25, -0.2) is 13.4 Å². The average Bonchev–Trinajstić information content (AvgIpc) is 2.73. The van der Waals surface area contributed by atoms with Crippen molar-refractivity contribution in [1.29, 1.82) is 0 Å². The van der Waals surface area contributed by atoms with Crippen LogP contribution < -0.4 is 0 Å². The molecule has 1 aliphatic heterocycles. The number of aromatic nitrogens is 2. The van der Waals surface area contributed by atoms with Crippen LogP contribution >= 0.6 is 11.6 Å². The maximum absolute atomic E-state index is 12.8. The largest absolute Gasteiger partial charge is 0.389 e. The van der Waals surface area contributed by atoms with Crippen molar-refractivity contribution in [3.63, 3.8) is 0 Å². The third kappa shape index (κ3) is 2.55. The Morgan fingerprint density at radius 1 is 1.43 bits per heavy atom. The molecule has 1 saturated heterocycles. The van der Waals surface area contributed by atoms with Crippen molar-refractivity contribution < 1.29 is 13.5 Å². The van der Waals surface area contributed by atoms with Gasteiger partial charge in [0, 0.05) is 19.3 Å². The molecule has 0 aliphatic carbocycles. The second-order valence-corrected chi connectivity index (χ2v) is 7.79. The minimum absolute atomic E-state index is 0.0440. The summed E-state index contributed by atoms with van der Waals surface area (Å²) in [6.45, 7) is 2.07. The number of imidazole rings is 1. The number of rotatable bonds is 2. The molecule has 1 atom stereocenters. The quantitative estimate of drug-likeness (QED) is 0.906. The van der Waals surface area contributed by atoms with Gasteiger partial charge in [-0.15, -0.1) is 0 Å². The van der Waals surface area contributed by atoms with Gasteiger partial charge >= 0.3 is 0 Å². The van der Waals surface area contributed by atoms with Gasteiger partial charge in [-0.1, -0.05) is 17.7 Å². The molecule has 3 heterocycles. The average molecular weight is 330 g/mol. The molecule has 6 nitrogen and oxygen atoms in total. The molecule has 114 valence electrons. The number of β-amino-alcohol motifs (C(OH)–C–C–N with tert-alkyl or cyclic N) is 1. The van der Waals surface area contributed by atoms with E-state index in [9.17, 15) is 13.5 Å². The summed E-state index contributed by atoms with van der Waals surface area (Å²) >= 11 is 6.04. The first-order chi connectivity index (χ1) is 9.81. The van der Waals surface area contributed by atoms with E-state index in [0.717, 1.165) is 0 Å². The fraction of sp³-hybridized carbons (Fsp3) is 0.462. The van der Waals surface area contributed by atoms with Gasteiger partial charge < -0.3 is 5.11 Å². The summed E-state index contributed by atoms with van der Waals surface area (Å²) in [6, 6.07) is 5.18. The summed E-state index contributed by atoms with van der Waals surface area (Å²) in [5.41, 5.74) is -0.539. The van der Waals surface area contributed by atoms with Gasteiger partial charge in [0.15, 0.2) is 10.2 Å². The number of fused-ring (bicyclic) bond motifs is 1. The molecule has 3 rings (SSSR count). The lowest BCUT2D eigenvalue weighted by Crippen LogP contribution is -2.48. The van der Waals surface area contributed by atoms with Gasteiger partial charge in [-0.3, -0.25) is 4.40 Å². The van der Waals surface area contributed by atoms with Crippen molar-refractivity contribution in [2.75, 3.05) is 13.1 Å². The van der Waals surface area contributed by atoms with Crippen LogP contribution in [0.4, 0.5) is 0 Å². The van der Waals surface area contributed by atoms with E-state index in [1.807, 2.05) is 0 Å². The molecule has 21 heavy (non-hydrogen) atoms. The van der Waals surface area contributed by atoms with Gasteiger partial charge in [0.2, 0.25) is 0 Å². The highest BCUT2D eigenvalue weighted by molar-refractivity contribution is 7.89. The number of hydrogen-bond acceptors (Lipinski definition) is 4. The second kappa shape index (κ2) is 4.95. The van der Waals surface area contributed by atoms with Crippen LogP contribution in [0.25, 0.3) is 5.65 Å². The Morgan fingerprint density at radius 2 is 2.19 bits per heavy atom. The van der Waals surface area contributed by atoms with Gasteiger partial charge in [0.05, 0.1) is 5.60 Å². The minimum atomic E-state index is -3.81. The predicted molar refractivity (Wildman–Crippen MR) is 78.8 cm³/mol. The molecule has 1 aliphatic rings. The van der Waals surface area contributed by atoms with Crippen LogP contribution in [0.1, 0.15) is 19.8 Å². The van der Waals surface area contributed by atoms with Crippen molar-refractivity contribution in [3.05, 3.63) is 29.5 Å². The lowest BCUT2D eigenvalue weighted by molar-refractivity contribution is 0.00933. The van der Waals surface area contributed by atoms with Crippen molar-refractivity contribution in [1.82, 2.24) is 13.7 Å². The third-order valence-corrected chi connectivity index (χ3v) is 5.92. The lowest BCUT2D eigenvalue weighted by atomic mass is 9.97. The first kappa shape index (κ1) is 14.8. The Kier molecular flexibility index (Phi) is 3.48. The normalized spacial score (nSPS) is 24.5. The van der Waals surface area contributed by atoms with Crippen LogP contribution in [0.5, 0.6) is 0 Å². The molecule has 1 unspecified atom stereocenters. The van der Waals surface area contributed by atoms with Crippen LogP contribution in [-0.2, 0) is 10.0 Å². The highest BCUT2D eigenvalue weighted by atomic mass is 35.5. The standard InChI is InChI=1S/C13H16ClN3O3S/c1-13(18)6-4-7-16(9-13)21(19,20)12-11(14)15-10-5-2-3-8-17(10)12/h2-3,5,8,18H,4,6-7,9H2,1H3. The zero-order valence-electron chi connectivity index (χ0n) is 11.5. The predicted octanol–water partition coefficient (Wildman–Crippen LogP) is 1.52. The molecule has 0 saturated carbocycles. The molecule has 8 heteroatoms. The van der Waals surface area contributed by atoms with E-state index in [1.165, 1.54) is 8.71 Å². The number of piperidine rings is 1. The number of halogens is 1. The van der Waals surface area contributed by atoms with E-state index >= 15 is 0 Å². The van der Waals surface area contributed by atoms with Crippen molar-refractivity contribution in [2.24, 2.45) is 0 Å². The van der Waals surface area contributed by atoms with E-state index in [2.05, 4.69) is 4.98 Å². The van der Waals surface area contributed by atoms with Crippen LogP contribution in [0.2, 0.25) is 5.15 Å². The Labute approximate surface area is 128 Å². The van der Waals surface area contributed by atoms with Crippen molar-refractivity contribution in [3.8, 4) is 0 Å². The first-order valence-corrected chi connectivity index (χ1v) is 8.48. The van der Waals surface area contributed by atoms with E-state index in [4.69, 9.17) is 11.6 Å². The highest BCUT2D eigenvalue weighted by Gasteiger charge is 2.38. The molecule has 0 bridgehead atoms. The Morgan fingerprint density at radius 3 is 2.90 bits per heavy atom. The molecule has 2 aromatic rings. The van der Waals surface area contributed by atoms with E-state index in [0.29, 0.717) is 25.0 Å². The van der Waals surface area contributed by atoms with Crippen molar-refractivity contribution >= 4 is 27.3 Å². The molecule has 0 aromatic carbocycles. The highest BCUT2D eigenvalue weighted by Crippen LogP contribution is 2.30. The van der Waals surface area contributed by atoms with Crippen molar-refractivity contribution in [2.45, 2.75) is 30.4 Å². The van der Waals surface area contributed by atoms with Crippen LogP contribution in [0, 0.1) is 0 Å². The zero-order chi connectivity index (χ0) is 15.3. The molecule has 0 radical (unpaired) electrons. The van der Waals surface area contributed by atoms with Crippen LogP contribution in [0.15, 0.2) is 29.4 Å². The van der Waals surface area contributed by atoms with E-state index in [1.54, 1.807) is 31.3 Å². The van der Waals surface area contributed by atoms with Crippen LogP contribution in [0.3, 0.4) is 0 Å². The first-order valence-electron chi connectivity index (χ1n) is 6.66. The molecule has 1 N–H and O–H groups in total. The molecule has 0 amide bonds. The number of pyridine rings is 1. The van der Waals surface area contributed by atoms with E-state index < -0.39 is 15.6 Å². The summed E-state index contributed by atoms with van der Waals surface area (Å²) in [5, 5.41) is 10.0. The van der Waals surface area contributed by atoms with Gasteiger partial charge in [-0.2, -0.15) is 4.31 Å².